The minimum absolute atomic E-state index is 0.201. The smallest absolute Gasteiger partial charge is 0.276 e. The standard InChI is InChI=1S/C17H16N4O/c22-17(16-13-5-1-2-6-14(13)20-21-16)19-12-8-7-11-4-3-9-18-15(11)10-12/h1-2,5-8,10,18H,3-4,9H2,(H,19,22)(H,20,21). The SMILES string of the molecule is O=C(Nc1ccc2c(c1)NCCC2)c1n[nH]c2ccccc12. The highest BCUT2D eigenvalue weighted by Gasteiger charge is 2.15. The zero-order chi connectivity index (χ0) is 14.9. The van der Waals surface area contributed by atoms with Gasteiger partial charge < -0.3 is 10.6 Å². The number of nitrogens with zero attached hydrogens (tertiary/aromatic N) is 1. The monoisotopic (exact) mass is 292 g/mol. The molecule has 1 amide bonds. The number of anilines is 2. The maximum Gasteiger partial charge on any atom is 0.276 e. The highest BCUT2D eigenvalue weighted by molar-refractivity contribution is 6.11. The Balaban J connectivity index is 1.62. The lowest BCUT2D eigenvalue weighted by molar-refractivity contribution is 0.102. The van der Waals surface area contributed by atoms with E-state index in [2.05, 4.69) is 26.9 Å². The summed E-state index contributed by atoms with van der Waals surface area (Å²) in [7, 11) is 0. The predicted molar refractivity (Wildman–Crippen MR) is 87.3 cm³/mol. The van der Waals surface area contributed by atoms with E-state index < -0.39 is 0 Å². The summed E-state index contributed by atoms with van der Waals surface area (Å²) in [6, 6.07) is 13.6. The molecule has 4 rings (SSSR count). The number of para-hydroxylation sites is 1. The molecule has 0 spiro atoms. The van der Waals surface area contributed by atoms with E-state index in [1.54, 1.807) is 0 Å². The van der Waals surface area contributed by atoms with Gasteiger partial charge in [-0.1, -0.05) is 24.3 Å². The van der Waals surface area contributed by atoms with Gasteiger partial charge in [0.25, 0.3) is 5.91 Å². The molecule has 3 aromatic rings. The summed E-state index contributed by atoms with van der Waals surface area (Å²) in [6.45, 7) is 0.981. The molecule has 0 saturated carbocycles. The first kappa shape index (κ1) is 12.9. The highest BCUT2D eigenvalue weighted by Crippen LogP contribution is 2.26. The summed E-state index contributed by atoms with van der Waals surface area (Å²) < 4.78 is 0. The van der Waals surface area contributed by atoms with Gasteiger partial charge in [-0.2, -0.15) is 5.10 Å². The van der Waals surface area contributed by atoms with Crippen LogP contribution in [0.5, 0.6) is 0 Å². The average molecular weight is 292 g/mol. The summed E-state index contributed by atoms with van der Waals surface area (Å²) in [5, 5.41) is 14.1. The highest BCUT2D eigenvalue weighted by atomic mass is 16.1. The van der Waals surface area contributed by atoms with Crippen LogP contribution in [0.15, 0.2) is 42.5 Å². The normalized spacial score (nSPS) is 13.5. The van der Waals surface area contributed by atoms with Gasteiger partial charge in [0, 0.05) is 23.3 Å². The van der Waals surface area contributed by atoms with Gasteiger partial charge >= 0.3 is 0 Å². The van der Waals surface area contributed by atoms with Gasteiger partial charge in [-0.05, 0) is 36.6 Å². The van der Waals surface area contributed by atoms with Crippen LogP contribution in [-0.4, -0.2) is 22.6 Å². The van der Waals surface area contributed by atoms with Crippen molar-refractivity contribution in [3.05, 3.63) is 53.7 Å². The zero-order valence-electron chi connectivity index (χ0n) is 12.0. The Labute approximate surface area is 127 Å². The number of H-pyrrole nitrogens is 1. The van der Waals surface area contributed by atoms with Crippen molar-refractivity contribution in [3.63, 3.8) is 0 Å². The number of carbonyl (C=O) groups excluding carboxylic acids is 1. The molecule has 0 unspecified atom stereocenters. The van der Waals surface area contributed by atoms with E-state index in [1.165, 1.54) is 5.56 Å². The van der Waals surface area contributed by atoms with Crippen LogP contribution in [0.1, 0.15) is 22.5 Å². The molecule has 0 radical (unpaired) electrons. The first-order valence-corrected chi connectivity index (χ1v) is 7.42. The zero-order valence-corrected chi connectivity index (χ0v) is 12.0. The molecule has 0 bridgehead atoms. The minimum atomic E-state index is -0.201. The first-order chi connectivity index (χ1) is 10.8. The number of hydrogen-bond acceptors (Lipinski definition) is 3. The van der Waals surface area contributed by atoms with Crippen molar-refractivity contribution >= 4 is 28.2 Å². The van der Waals surface area contributed by atoms with Crippen LogP contribution in [0, 0.1) is 0 Å². The molecule has 2 heterocycles. The lowest BCUT2D eigenvalue weighted by atomic mass is 10.0. The van der Waals surface area contributed by atoms with Crippen molar-refractivity contribution in [2.75, 3.05) is 17.2 Å². The largest absolute Gasteiger partial charge is 0.385 e. The van der Waals surface area contributed by atoms with E-state index >= 15 is 0 Å². The van der Waals surface area contributed by atoms with E-state index in [-0.39, 0.29) is 5.91 Å². The molecule has 1 aliphatic heterocycles. The van der Waals surface area contributed by atoms with Crippen molar-refractivity contribution in [1.29, 1.82) is 0 Å². The van der Waals surface area contributed by atoms with Crippen molar-refractivity contribution in [2.24, 2.45) is 0 Å². The minimum Gasteiger partial charge on any atom is -0.385 e. The Morgan fingerprint density at radius 1 is 1.18 bits per heavy atom. The van der Waals surface area contributed by atoms with E-state index in [4.69, 9.17) is 0 Å². The second-order valence-electron chi connectivity index (χ2n) is 5.47. The second-order valence-corrected chi connectivity index (χ2v) is 5.47. The molecule has 5 heteroatoms. The fourth-order valence-electron chi connectivity index (χ4n) is 2.87. The molecular formula is C17H16N4O. The van der Waals surface area contributed by atoms with Gasteiger partial charge in [-0.15, -0.1) is 0 Å². The number of benzene rings is 2. The Morgan fingerprint density at radius 2 is 2.09 bits per heavy atom. The molecule has 3 N–H and O–H groups in total. The third kappa shape index (κ3) is 2.20. The predicted octanol–water partition coefficient (Wildman–Crippen LogP) is 3.17. The molecule has 0 fully saturated rings. The Hall–Kier alpha value is -2.82. The lowest BCUT2D eigenvalue weighted by Crippen LogP contribution is -2.15. The fourth-order valence-corrected chi connectivity index (χ4v) is 2.87. The number of carbonyl (C=O) groups is 1. The summed E-state index contributed by atoms with van der Waals surface area (Å²) >= 11 is 0. The quantitative estimate of drug-likeness (QED) is 0.679. The van der Waals surface area contributed by atoms with Gasteiger partial charge in [0.2, 0.25) is 0 Å². The van der Waals surface area contributed by atoms with Crippen LogP contribution in [0.25, 0.3) is 10.9 Å². The molecular weight excluding hydrogens is 276 g/mol. The van der Waals surface area contributed by atoms with Crippen molar-refractivity contribution in [1.82, 2.24) is 10.2 Å². The van der Waals surface area contributed by atoms with Gasteiger partial charge in [0.15, 0.2) is 5.69 Å². The maximum absolute atomic E-state index is 12.4. The molecule has 5 nitrogen and oxygen atoms in total. The van der Waals surface area contributed by atoms with Crippen LogP contribution in [-0.2, 0) is 6.42 Å². The van der Waals surface area contributed by atoms with Crippen molar-refractivity contribution in [3.8, 4) is 0 Å². The summed E-state index contributed by atoms with van der Waals surface area (Å²) in [5.41, 5.74) is 4.47. The number of fused-ring (bicyclic) bond motifs is 2. The fraction of sp³-hybridized carbons (Fsp3) is 0.176. The number of aryl methyl sites for hydroxylation is 1. The molecule has 0 aliphatic carbocycles. The van der Waals surface area contributed by atoms with Crippen LogP contribution in [0.3, 0.4) is 0 Å². The van der Waals surface area contributed by atoms with Crippen LogP contribution >= 0.6 is 0 Å². The molecule has 0 atom stereocenters. The van der Waals surface area contributed by atoms with Crippen molar-refractivity contribution in [2.45, 2.75) is 12.8 Å². The number of hydrogen-bond donors (Lipinski definition) is 3. The molecule has 1 aromatic heterocycles. The average Bonchev–Trinajstić information content (AvgIpc) is 2.99. The number of aromatic amines is 1. The second kappa shape index (κ2) is 5.18. The van der Waals surface area contributed by atoms with Gasteiger partial charge in [-0.25, -0.2) is 0 Å². The number of rotatable bonds is 2. The van der Waals surface area contributed by atoms with E-state index in [9.17, 15) is 4.79 Å². The summed E-state index contributed by atoms with van der Waals surface area (Å²) in [5.74, 6) is -0.201. The van der Waals surface area contributed by atoms with Crippen molar-refractivity contribution < 1.29 is 4.79 Å². The molecule has 22 heavy (non-hydrogen) atoms. The van der Waals surface area contributed by atoms with Gasteiger partial charge in [-0.3, -0.25) is 9.89 Å². The van der Waals surface area contributed by atoms with E-state index in [0.29, 0.717) is 5.69 Å². The van der Waals surface area contributed by atoms with Crippen LogP contribution < -0.4 is 10.6 Å². The maximum atomic E-state index is 12.4. The summed E-state index contributed by atoms with van der Waals surface area (Å²) in [6.07, 6.45) is 2.23. The Kier molecular flexibility index (Phi) is 3.04. The third-order valence-electron chi connectivity index (χ3n) is 3.99. The van der Waals surface area contributed by atoms with Crippen LogP contribution in [0.2, 0.25) is 0 Å². The Bertz CT molecular complexity index is 853. The molecule has 0 saturated heterocycles. The van der Waals surface area contributed by atoms with E-state index in [1.807, 2.05) is 36.4 Å². The third-order valence-corrected chi connectivity index (χ3v) is 3.99. The van der Waals surface area contributed by atoms with Gasteiger partial charge in [0.1, 0.15) is 0 Å². The van der Waals surface area contributed by atoms with E-state index in [0.717, 1.165) is 41.7 Å². The number of amides is 1. The first-order valence-electron chi connectivity index (χ1n) is 7.42. The number of nitrogens with one attached hydrogen (secondary N) is 3. The topological polar surface area (TPSA) is 69.8 Å². The summed E-state index contributed by atoms with van der Waals surface area (Å²) in [4.78, 5) is 12.4. The van der Waals surface area contributed by atoms with Gasteiger partial charge in [0.05, 0.1) is 5.52 Å². The molecule has 2 aromatic carbocycles. The lowest BCUT2D eigenvalue weighted by Gasteiger charge is -2.18. The van der Waals surface area contributed by atoms with Crippen LogP contribution in [0.4, 0.5) is 11.4 Å². The molecule has 110 valence electrons. The number of aromatic nitrogens is 2. The Morgan fingerprint density at radius 3 is 3.05 bits per heavy atom. The molecule has 1 aliphatic rings.